The van der Waals surface area contributed by atoms with Gasteiger partial charge in [-0.2, -0.15) is 0 Å². The highest BCUT2D eigenvalue weighted by Gasteiger charge is 2.21. The fraction of sp³-hybridized carbons (Fsp3) is 0.304. The number of nitrogens with one attached hydrogen (secondary N) is 1. The van der Waals surface area contributed by atoms with E-state index >= 15 is 0 Å². The average molecular weight is 444 g/mol. The second-order valence-corrected chi connectivity index (χ2v) is 9.17. The zero-order chi connectivity index (χ0) is 21.1. The quantitative estimate of drug-likeness (QED) is 0.405. The van der Waals surface area contributed by atoms with E-state index in [-0.39, 0.29) is 12.1 Å². The van der Waals surface area contributed by atoms with E-state index < -0.39 is 6.23 Å². The minimum atomic E-state index is -1.05. The molecule has 1 unspecified atom stereocenters. The number of nitrogens with zero attached hydrogens (tertiary/aromatic N) is 1. The van der Waals surface area contributed by atoms with E-state index in [0.29, 0.717) is 10.6 Å². The number of aliphatic hydroxyl groups is 2. The van der Waals surface area contributed by atoms with Crippen LogP contribution < -0.4 is 11.1 Å². The van der Waals surface area contributed by atoms with Crippen LogP contribution in [0.15, 0.2) is 70.7 Å². The van der Waals surface area contributed by atoms with Gasteiger partial charge in [0.1, 0.15) is 6.23 Å². The van der Waals surface area contributed by atoms with Gasteiger partial charge in [0.15, 0.2) is 0 Å². The van der Waals surface area contributed by atoms with E-state index in [9.17, 15) is 10.2 Å². The topological polar surface area (TPSA) is 83.4 Å². The van der Waals surface area contributed by atoms with Crippen LogP contribution in [0.1, 0.15) is 37.5 Å². The van der Waals surface area contributed by atoms with E-state index in [1.807, 2.05) is 54.7 Å². The molecule has 5 N–H and O–H groups in total. The highest BCUT2D eigenvalue weighted by atomic mass is 35.5. The summed E-state index contributed by atoms with van der Waals surface area (Å²) in [7, 11) is 0. The Morgan fingerprint density at radius 3 is 2.60 bits per heavy atom. The highest BCUT2D eigenvalue weighted by Crippen LogP contribution is 2.33. The van der Waals surface area contributed by atoms with Gasteiger partial charge in [-0.1, -0.05) is 35.5 Å². The van der Waals surface area contributed by atoms with Crippen LogP contribution in [-0.2, 0) is 0 Å². The first-order valence-electron chi connectivity index (χ1n) is 10.1. The van der Waals surface area contributed by atoms with Gasteiger partial charge in [-0.05, 0) is 68.1 Å². The number of nitrogens with two attached hydrogens (primary N) is 1. The van der Waals surface area contributed by atoms with E-state index in [2.05, 4.69) is 16.0 Å². The third kappa shape index (κ3) is 5.02. The molecule has 1 saturated carbocycles. The monoisotopic (exact) mass is 443 g/mol. The van der Waals surface area contributed by atoms with E-state index in [0.717, 1.165) is 47.0 Å². The number of benzene rings is 2. The fourth-order valence-corrected chi connectivity index (χ4v) is 5.07. The summed E-state index contributed by atoms with van der Waals surface area (Å²) < 4.78 is 2.11. The molecule has 0 saturated heterocycles. The lowest BCUT2D eigenvalue weighted by Crippen LogP contribution is -2.29. The molecule has 4 rings (SSSR count). The smallest absolute Gasteiger partial charge is 0.130 e. The summed E-state index contributed by atoms with van der Waals surface area (Å²) in [6.07, 6.45) is 4.11. The fourth-order valence-electron chi connectivity index (χ4n) is 3.83. The third-order valence-electron chi connectivity index (χ3n) is 5.42. The number of anilines is 1. The van der Waals surface area contributed by atoms with Crippen LogP contribution in [0.5, 0.6) is 0 Å². The Hall–Kier alpha value is -1.96. The first-order chi connectivity index (χ1) is 14.5. The van der Waals surface area contributed by atoms with E-state index in [1.54, 1.807) is 11.8 Å². The van der Waals surface area contributed by atoms with Crippen LogP contribution in [0.4, 0.5) is 5.69 Å². The van der Waals surface area contributed by atoms with Gasteiger partial charge in [0, 0.05) is 39.1 Å². The SMILES string of the molecule is NC(O)c1ccc(-n2cccc2Sc2cccc(Cl)c2)cc1N[C@H]1CC[C@H](O)CC1. The molecule has 1 atom stereocenters. The number of aliphatic hydroxyl groups excluding tert-OH is 2. The first-order valence-corrected chi connectivity index (χ1v) is 11.3. The van der Waals surface area contributed by atoms with Crippen molar-refractivity contribution in [2.45, 2.75) is 54.0 Å². The van der Waals surface area contributed by atoms with Crippen LogP contribution in [0.3, 0.4) is 0 Å². The Labute approximate surface area is 185 Å². The maximum absolute atomic E-state index is 10.0. The number of hydrogen-bond acceptors (Lipinski definition) is 5. The summed E-state index contributed by atoms with van der Waals surface area (Å²) in [6.45, 7) is 0. The Bertz CT molecular complexity index is 1000. The number of rotatable bonds is 6. The summed E-state index contributed by atoms with van der Waals surface area (Å²) in [5, 5.41) is 25.1. The van der Waals surface area contributed by atoms with Crippen molar-refractivity contribution >= 4 is 29.1 Å². The number of halogens is 1. The molecule has 0 radical (unpaired) electrons. The molecule has 0 bridgehead atoms. The van der Waals surface area contributed by atoms with Crippen LogP contribution in [0.2, 0.25) is 5.02 Å². The van der Waals surface area contributed by atoms with Crippen molar-refractivity contribution in [1.29, 1.82) is 0 Å². The van der Waals surface area contributed by atoms with Crippen molar-refractivity contribution in [1.82, 2.24) is 4.57 Å². The normalized spacial score (nSPS) is 20.1. The van der Waals surface area contributed by atoms with Crippen LogP contribution in [0.25, 0.3) is 5.69 Å². The Balaban J connectivity index is 1.61. The standard InChI is InChI=1S/C23H26ClN3O2S/c24-15-3-1-4-19(13-15)30-22-5-2-12-27(22)17-8-11-20(23(25)29)21(14-17)26-16-6-9-18(28)10-7-16/h1-5,8,11-14,16,18,23,26,28-29H,6-7,9-10,25H2/t16-,18-,23?. The molecule has 1 aromatic heterocycles. The molecular formula is C23H26ClN3O2S. The van der Waals surface area contributed by atoms with Crippen molar-refractivity contribution in [3.8, 4) is 5.69 Å². The Kier molecular flexibility index (Phi) is 6.71. The zero-order valence-electron chi connectivity index (χ0n) is 16.5. The zero-order valence-corrected chi connectivity index (χ0v) is 18.1. The van der Waals surface area contributed by atoms with Gasteiger partial charge in [0.05, 0.1) is 11.1 Å². The molecule has 7 heteroatoms. The maximum Gasteiger partial charge on any atom is 0.130 e. The first kappa shape index (κ1) is 21.3. The lowest BCUT2D eigenvalue weighted by atomic mass is 9.92. The molecule has 0 aliphatic heterocycles. The van der Waals surface area contributed by atoms with Crippen molar-refractivity contribution in [3.63, 3.8) is 0 Å². The van der Waals surface area contributed by atoms with Crippen molar-refractivity contribution in [2.75, 3.05) is 5.32 Å². The van der Waals surface area contributed by atoms with Gasteiger partial charge in [-0.15, -0.1) is 0 Å². The van der Waals surface area contributed by atoms with Crippen molar-refractivity contribution < 1.29 is 10.2 Å². The Morgan fingerprint density at radius 2 is 1.87 bits per heavy atom. The summed E-state index contributed by atoms with van der Waals surface area (Å²) in [5.41, 5.74) is 8.29. The van der Waals surface area contributed by atoms with E-state index in [4.69, 9.17) is 17.3 Å². The molecule has 1 aliphatic rings. The summed E-state index contributed by atoms with van der Waals surface area (Å²) in [6, 6.07) is 18.0. The molecule has 5 nitrogen and oxygen atoms in total. The van der Waals surface area contributed by atoms with Gasteiger partial charge in [0.25, 0.3) is 0 Å². The van der Waals surface area contributed by atoms with Crippen LogP contribution in [-0.4, -0.2) is 26.9 Å². The lowest BCUT2D eigenvalue weighted by Gasteiger charge is -2.28. The molecular weight excluding hydrogens is 418 g/mol. The summed E-state index contributed by atoms with van der Waals surface area (Å²) >= 11 is 7.77. The van der Waals surface area contributed by atoms with Gasteiger partial charge >= 0.3 is 0 Å². The second kappa shape index (κ2) is 9.45. The molecule has 1 fully saturated rings. The second-order valence-electron chi connectivity index (χ2n) is 7.64. The molecule has 0 spiro atoms. The number of hydrogen-bond donors (Lipinski definition) is 4. The minimum Gasteiger partial charge on any atom is -0.393 e. The predicted molar refractivity (Wildman–Crippen MR) is 122 cm³/mol. The van der Waals surface area contributed by atoms with Gasteiger partial charge in [0.2, 0.25) is 0 Å². The molecule has 158 valence electrons. The number of aromatic nitrogens is 1. The predicted octanol–water partition coefficient (Wildman–Crippen LogP) is 4.95. The van der Waals surface area contributed by atoms with Gasteiger partial charge in [-0.25, -0.2) is 0 Å². The highest BCUT2D eigenvalue weighted by molar-refractivity contribution is 7.99. The van der Waals surface area contributed by atoms with Gasteiger partial charge in [-0.3, -0.25) is 0 Å². The minimum absolute atomic E-state index is 0.208. The van der Waals surface area contributed by atoms with Gasteiger partial charge < -0.3 is 25.8 Å². The van der Waals surface area contributed by atoms with Crippen LogP contribution >= 0.6 is 23.4 Å². The molecule has 0 amide bonds. The lowest BCUT2D eigenvalue weighted by molar-refractivity contribution is 0.126. The average Bonchev–Trinajstić information content (AvgIpc) is 3.17. The van der Waals surface area contributed by atoms with E-state index in [1.165, 1.54) is 0 Å². The van der Waals surface area contributed by atoms with Crippen LogP contribution in [0, 0.1) is 0 Å². The Morgan fingerprint density at radius 1 is 1.07 bits per heavy atom. The third-order valence-corrected chi connectivity index (χ3v) is 6.69. The van der Waals surface area contributed by atoms with Crippen molar-refractivity contribution in [3.05, 3.63) is 71.4 Å². The molecule has 30 heavy (non-hydrogen) atoms. The summed E-state index contributed by atoms with van der Waals surface area (Å²) in [4.78, 5) is 1.07. The molecule has 2 aromatic carbocycles. The maximum atomic E-state index is 10.0. The molecule has 1 heterocycles. The molecule has 1 aliphatic carbocycles. The van der Waals surface area contributed by atoms with Crippen molar-refractivity contribution in [2.24, 2.45) is 5.73 Å². The molecule has 3 aromatic rings. The largest absolute Gasteiger partial charge is 0.393 e. The summed E-state index contributed by atoms with van der Waals surface area (Å²) in [5.74, 6) is 0.